The van der Waals surface area contributed by atoms with Crippen LogP contribution in [-0.4, -0.2) is 56.1 Å². The highest BCUT2D eigenvalue weighted by molar-refractivity contribution is 5.96. The van der Waals surface area contributed by atoms with Crippen molar-refractivity contribution in [3.8, 4) is 5.69 Å². The van der Waals surface area contributed by atoms with Crippen molar-refractivity contribution in [1.29, 1.82) is 0 Å². The molecule has 0 saturated carbocycles. The molecule has 4 aromatic rings. The number of nitrogens with two attached hydrogens (primary N) is 1. The summed E-state index contributed by atoms with van der Waals surface area (Å²) in [6.07, 6.45) is 8.23. The Morgan fingerprint density at radius 3 is 2.54 bits per heavy atom. The Morgan fingerprint density at radius 2 is 1.80 bits per heavy atom. The van der Waals surface area contributed by atoms with Crippen molar-refractivity contribution >= 4 is 34.5 Å². The number of anilines is 2. The molecule has 4 N–H and O–H groups in total. The molecule has 0 bridgehead atoms. The van der Waals surface area contributed by atoms with Crippen LogP contribution in [0.15, 0.2) is 59.7 Å². The number of carboxylic acids is 1. The molecule has 0 unspecified atom stereocenters. The number of carbonyl (C=O) groups is 2. The highest BCUT2D eigenvalue weighted by Crippen LogP contribution is 2.30. The highest BCUT2D eigenvalue weighted by atomic mass is 16.4. The van der Waals surface area contributed by atoms with Crippen LogP contribution in [0, 0.1) is 0 Å². The maximum absolute atomic E-state index is 13.0. The van der Waals surface area contributed by atoms with Gasteiger partial charge in [0.1, 0.15) is 5.56 Å². The van der Waals surface area contributed by atoms with E-state index >= 15 is 0 Å². The maximum atomic E-state index is 13.0. The predicted molar refractivity (Wildman–Crippen MR) is 156 cm³/mol. The number of nitrogens with zero attached hydrogens (tertiary/aromatic N) is 4. The molecule has 0 atom stereocenters. The number of aromatic nitrogens is 3. The van der Waals surface area contributed by atoms with E-state index in [2.05, 4.69) is 39.5 Å². The number of carbonyl (C=O) groups excluding carboxylic acids is 1. The summed E-state index contributed by atoms with van der Waals surface area (Å²) >= 11 is 0. The molecule has 10 nitrogen and oxygen atoms in total. The zero-order chi connectivity index (χ0) is 28.5. The van der Waals surface area contributed by atoms with E-state index in [1.54, 1.807) is 4.57 Å². The van der Waals surface area contributed by atoms with E-state index < -0.39 is 17.3 Å². The van der Waals surface area contributed by atoms with Gasteiger partial charge in [-0.25, -0.2) is 4.98 Å². The average molecular weight is 553 g/mol. The van der Waals surface area contributed by atoms with Crippen molar-refractivity contribution in [3.63, 3.8) is 0 Å². The van der Waals surface area contributed by atoms with Gasteiger partial charge in [0.05, 0.1) is 11.8 Å². The molecule has 3 heterocycles. The molecule has 6 rings (SSSR count). The first-order valence-corrected chi connectivity index (χ1v) is 14.0. The van der Waals surface area contributed by atoms with Gasteiger partial charge in [0.2, 0.25) is 11.4 Å². The van der Waals surface area contributed by atoms with Crippen molar-refractivity contribution in [1.82, 2.24) is 19.4 Å². The van der Waals surface area contributed by atoms with Crippen molar-refractivity contribution < 1.29 is 14.7 Å². The van der Waals surface area contributed by atoms with E-state index in [4.69, 9.17) is 15.8 Å². The number of carboxylic acid groups (broad SMARTS) is 1. The predicted octanol–water partition coefficient (Wildman–Crippen LogP) is 3.77. The topological polar surface area (TPSA) is 143 Å². The van der Waals surface area contributed by atoms with Crippen molar-refractivity contribution in [2.45, 2.75) is 44.4 Å². The molecule has 41 heavy (non-hydrogen) atoms. The molecule has 1 saturated heterocycles. The van der Waals surface area contributed by atoms with E-state index in [1.165, 1.54) is 29.1 Å². The molecule has 1 aliphatic heterocycles. The Morgan fingerprint density at radius 1 is 1.05 bits per heavy atom. The summed E-state index contributed by atoms with van der Waals surface area (Å²) in [5.74, 6) is -0.783. The van der Waals surface area contributed by atoms with Crippen LogP contribution in [0.25, 0.3) is 16.7 Å². The Bertz CT molecular complexity index is 1690. The minimum Gasteiger partial charge on any atom is -0.481 e. The number of pyridine rings is 1. The number of hydrogen-bond acceptors (Lipinski definition) is 7. The van der Waals surface area contributed by atoms with Gasteiger partial charge in [-0.1, -0.05) is 18.2 Å². The van der Waals surface area contributed by atoms with E-state index in [0.29, 0.717) is 24.1 Å². The van der Waals surface area contributed by atoms with Gasteiger partial charge in [-0.3, -0.25) is 14.4 Å². The van der Waals surface area contributed by atoms with Crippen LogP contribution >= 0.6 is 0 Å². The summed E-state index contributed by atoms with van der Waals surface area (Å²) in [7, 11) is 0. The van der Waals surface area contributed by atoms with Crippen molar-refractivity contribution in [3.05, 3.63) is 87.3 Å². The Hall–Kier alpha value is -4.57. The van der Waals surface area contributed by atoms with Crippen LogP contribution in [0.5, 0.6) is 0 Å². The standard InChI is InChI=1S/C31H32N6O4/c32-29(41)26-18-37(24-9-6-19-2-1-3-22(19)16-24)30-25(28(26)40)17-33-31(35-30)34-23-7-4-20(5-8-23)21-10-13-36(14-11-21)15-12-27(38)39/h4-9,16-18,21H,1-3,10-15H2,(H2,32,41)(H,38,39)(H,33,34,35). The molecule has 0 spiro atoms. The lowest BCUT2D eigenvalue weighted by molar-refractivity contribution is -0.137. The van der Waals surface area contributed by atoms with Gasteiger partial charge in [-0.2, -0.15) is 4.98 Å². The minimum atomic E-state index is -0.792. The van der Waals surface area contributed by atoms with E-state index in [-0.39, 0.29) is 17.4 Å². The van der Waals surface area contributed by atoms with Crippen LogP contribution < -0.4 is 16.5 Å². The zero-order valence-corrected chi connectivity index (χ0v) is 22.7. The van der Waals surface area contributed by atoms with Crippen LogP contribution in [0.4, 0.5) is 11.6 Å². The highest BCUT2D eigenvalue weighted by Gasteiger charge is 2.21. The summed E-state index contributed by atoms with van der Waals surface area (Å²) in [4.78, 5) is 47.3. The van der Waals surface area contributed by atoms with Gasteiger partial charge in [-0.05, 0) is 92.1 Å². The van der Waals surface area contributed by atoms with Gasteiger partial charge in [0, 0.05) is 30.3 Å². The number of aryl methyl sites for hydroxylation is 2. The molecule has 1 fully saturated rings. The fourth-order valence-corrected chi connectivity index (χ4v) is 5.96. The lowest BCUT2D eigenvalue weighted by Crippen LogP contribution is -2.34. The average Bonchev–Trinajstić information content (AvgIpc) is 3.45. The lowest BCUT2D eigenvalue weighted by Gasteiger charge is -2.31. The second-order valence-electron chi connectivity index (χ2n) is 10.9. The summed E-state index contributed by atoms with van der Waals surface area (Å²) in [6.45, 7) is 2.39. The number of piperidine rings is 1. The Labute approximate surface area is 236 Å². The second kappa shape index (κ2) is 11.1. The smallest absolute Gasteiger partial charge is 0.304 e. The summed E-state index contributed by atoms with van der Waals surface area (Å²) in [5.41, 5.74) is 10.8. The fourth-order valence-electron chi connectivity index (χ4n) is 5.96. The normalized spacial score (nSPS) is 15.6. The Kier molecular flexibility index (Phi) is 7.23. The SMILES string of the molecule is NC(=O)c1cn(-c2ccc3c(c2)CCC3)c2nc(Nc3ccc(C4CCN(CCC(=O)O)CC4)cc3)ncc2c1=O. The molecule has 2 aromatic carbocycles. The van der Waals surface area contributed by atoms with Gasteiger partial charge in [-0.15, -0.1) is 0 Å². The summed E-state index contributed by atoms with van der Waals surface area (Å²) in [5, 5.41) is 12.4. The first kappa shape index (κ1) is 26.6. The van der Waals surface area contributed by atoms with E-state index in [0.717, 1.165) is 56.6 Å². The third-order valence-corrected chi connectivity index (χ3v) is 8.24. The van der Waals surface area contributed by atoms with Gasteiger partial charge < -0.3 is 25.6 Å². The quantitative estimate of drug-likeness (QED) is 0.300. The van der Waals surface area contributed by atoms with Crippen LogP contribution in [0.3, 0.4) is 0 Å². The third-order valence-electron chi connectivity index (χ3n) is 8.24. The molecule has 210 valence electrons. The number of likely N-dealkylation sites (tertiary alicyclic amines) is 1. The lowest BCUT2D eigenvalue weighted by atomic mass is 9.89. The maximum Gasteiger partial charge on any atom is 0.304 e. The molecule has 1 aliphatic carbocycles. The molecule has 1 amide bonds. The van der Waals surface area contributed by atoms with Crippen LogP contribution in [0.1, 0.15) is 58.6 Å². The molecule has 10 heteroatoms. The molecule has 2 aliphatic rings. The van der Waals surface area contributed by atoms with Crippen molar-refractivity contribution in [2.24, 2.45) is 5.73 Å². The number of aliphatic carboxylic acids is 1. The number of rotatable bonds is 8. The molecule has 0 radical (unpaired) electrons. The minimum absolute atomic E-state index is 0.106. The monoisotopic (exact) mass is 552 g/mol. The first-order chi connectivity index (χ1) is 19.9. The second-order valence-corrected chi connectivity index (χ2v) is 10.9. The van der Waals surface area contributed by atoms with Gasteiger partial charge >= 0.3 is 5.97 Å². The molecular weight excluding hydrogens is 520 g/mol. The molecule has 2 aromatic heterocycles. The van der Waals surface area contributed by atoms with E-state index in [9.17, 15) is 14.4 Å². The number of nitrogens with one attached hydrogen (secondary N) is 1. The van der Waals surface area contributed by atoms with Gasteiger partial charge in [0.25, 0.3) is 5.91 Å². The zero-order valence-electron chi connectivity index (χ0n) is 22.7. The summed E-state index contributed by atoms with van der Waals surface area (Å²) < 4.78 is 1.74. The van der Waals surface area contributed by atoms with Crippen LogP contribution in [-0.2, 0) is 17.6 Å². The van der Waals surface area contributed by atoms with Crippen molar-refractivity contribution in [2.75, 3.05) is 25.0 Å². The number of hydrogen-bond donors (Lipinski definition) is 3. The summed E-state index contributed by atoms with van der Waals surface area (Å²) in [6, 6.07) is 14.3. The fraction of sp³-hybridized carbons (Fsp3) is 0.323. The number of amides is 1. The largest absolute Gasteiger partial charge is 0.481 e. The van der Waals surface area contributed by atoms with Gasteiger partial charge in [0.15, 0.2) is 5.65 Å². The van der Waals surface area contributed by atoms with Crippen LogP contribution in [0.2, 0.25) is 0 Å². The van der Waals surface area contributed by atoms with E-state index in [1.807, 2.05) is 18.2 Å². The molecular formula is C31H32N6O4. The Balaban J connectivity index is 1.24. The number of benzene rings is 2. The number of primary amides is 1. The third kappa shape index (κ3) is 5.55. The number of fused-ring (bicyclic) bond motifs is 2. The first-order valence-electron chi connectivity index (χ1n) is 14.0.